The summed E-state index contributed by atoms with van der Waals surface area (Å²) in [5.41, 5.74) is 1.69. The lowest BCUT2D eigenvalue weighted by Gasteiger charge is -2.06. The predicted molar refractivity (Wildman–Crippen MR) is 88.8 cm³/mol. The molecule has 0 saturated heterocycles. The van der Waals surface area contributed by atoms with Gasteiger partial charge < -0.3 is 4.74 Å². The van der Waals surface area contributed by atoms with Gasteiger partial charge in [0.2, 0.25) is 10.0 Å². The highest BCUT2D eigenvalue weighted by Crippen LogP contribution is 2.13. The normalized spacial score (nSPS) is 11.7. The molecule has 0 fully saturated rings. The lowest BCUT2D eigenvalue weighted by molar-refractivity contribution is 0.340. The van der Waals surface area contributed by atoms with E-state index in [1.54, 1.807) is 6.08 Å². The van der Waals surface area contributed by atoms with Crippen LogP contribution < -0.4 is 9.46 Å². The maximum Gasteiger partial charge on any atom is 0.234 e. The van der Waals surface area contributed by atoms with Gasteiger partial charge in [-0.05, 0) is 36.3 Å². The van der Waals surface area contributed by atoms with Crippen molar-refractivity contribution in [1.29, 1.82) is 0 Å². The average Bonchev–Trinajstić information content (AvgIpc) is 2.53. The van der Waals surface area contributed by atoms with E-state index in [0.29, 0.717) is 6.61 Å². The Kier molecular flexibility index (Phi) is 5.75. The lowest BCUT2D eigenvalue weighted by Crippen LogP contribution is -2.20. The van der Waals surface area contributed by atoms with Crippen LogP contribution in [0.2, 0.25) is 0 Å². The standard InChI is InChI=1S/C17H19NO3S/c1-2-21-17-10-6-9-16(13-17)14-18-22(19,20)12-11-15-7-4-3-5-8-15/h3-13,18H,2,14H2,1H3/b12-11+. The molecule has 5 heteroatoms. The molecular weight excluding hydrogens is 298 g/mol. The van der Waals surface area contributed by atoms with Crippen molar-refractivity contribution >= 4 is 16.1 Å². The highest BCUT2D eigenvalue weighted by atomic mass is 32.2. The maximum absolute atomic E-state index is 12.0. The molecule has 2 rings (SSSR count). The average molecular weight is 317 g/mol. The first kappa shape index (κ1) is 16.3. The zero-order chi connectivity index (χ0) is 15.8. The van der Waals surface area contributed by atoms with Crippen LogP contribution in [-0.4, -0.2) is 15.0 Å². The summed E-state index contributed by atoms with van der Waals surface area (Å²) in [6.45, 7) is 2.71. The van der Waals surface area contributed by atoms with Crippen molar-refractivity contribution in [2.24, 2.45) is 0 Å². The Labute approximate surface area is 131 Å². The van der Waals surface area contributed by atoms with Crippen molar-refractivity contribution in [2.75, 3.05) is 6.61 Å². The molecule has 0 atom stereocenters. The molecule has 0 aromatic heterocycles. The fourth-order valence-corrected chi connectivity index (χ4v) is 2.68. The summed E-state index contributed by atoms with van der Waals surface area (Å²) in [6.07, 6.45) is 1.57. The molecule has 0 spiro atoms. The Morgan fingerprint density at radius 1 is 1.09 bits per heavy atom. The zero-order valence-electron chi connectivity index (χ0n) is 12.4. The summed E-state index contributed by atoms with van der Waals surface area (Å²) in [4.78, 5) is 0. The molecule has 0 bridgehead atoms. The molecule has 0 aliphatic carbocycles. The molecule has 4 nitrogen and oxygen atoms in total. The van der Waals surface area contributed by atoms with E-state index < -0.39 is 10.0 Å². The van der Waals surface area contributed by atoms with Gasteiger partial charge in [-0.25, -0.2) is 13.1 Å². The number of hydrogen-bond donors (Lipinski definition) is 1. The first-order valence-electron chi connectivity index (χ1n) is 7.03. The largest absolute Gasteiger partial charge is 0.494 e. The second kappa shape index (κ2) is 7.77. The second-order valence-corrected chi connectivity index (χ2v) is 6.31. The smallest absolute Gasteiger partial charge is 0.234 e. The molecule has 0 amide bonds. The lowest BCUT2D eigenvalue weighted by atomic mass is 10.2. The number of hydrogen-bond acceptors (Lipinski definition) is 3. The fraction of sp³-hybridized carbons (Fsp3) is 0.176. The van der Waals surface area contributed by atoms with Crippen LogP contribution in [0.15, 0.2) is 60.0 Å². The van der Waals surface area contributed by atoms with Gasteiger partial charge in [0.1, 0.15) is 5.75 Å². The minimum absolute atomic E-state index is 0.225. The summed E-state index contributed by atoms with van der Waals surface area (Å²) in [7, 11) is -3.47. The van der Waals surface area contributed by atoms with Gasteiger partial charge in [-0.2, -0.15) is 0 Å². The maximum atomic E-state index is 12.0. The number of ether oxygens (including phenoxy) is 1. The predicted octanol–water partition coefficient (Wildman–Crippen LogP) is 3.18. The highest BCUT2D eigenvalue weighted by Gasteiger charge is 2.05. The summed E-state index contributed by atoms with van der Waals surface area (Å²) in [5.74, 6) is 0.735. The zero-order valence-corrected chi connectivity index (χ0v) is 13.2. The van der Waals surface area contributed by atoms with Crippen LogP contribution in [0.5, 0.6) is 5.75 Å². The topological polar surface area (TPSA) is 55.4 Å². The Hall–Kier alpha value is -2.11. The van der Waals surface area contributed by atoms with Crippen molar-refractivity contribution < 1.29 is 13.2 Å². The molecule has 22 heavy (non-hydrogen) atoms. The monoisotopic (exact) mass is 317 g/mol. The van der Waals surface area contributed by atoms with Crippen molar-refractivity contribution in [3.8, 4) is 5.75 Å². The molecule has 1 N–H and O–H groups in total. The van der Waals surface area contributed by atoms with Gasteiger partial charge in [-0.3, -0.25) is 0 Å². The molecule has 2 aromatic carbocycles. The van der Waals surface area contributed by atoms with Crippen LogP contribution in [0.4, 0.5) is 0 Å². The SMILES string of the molecule is CCOc1cccc(CNS(=O)(=O)/C=C/c2ccccc2)c1. The molecule has 0 radical (unpaired) electrons. The van der Waals surface area contributed by atoms with Crippen molar-refractivity contribution in [1.82, 2.24) is 4.72 Å². The summed E-state index contributed by atoms with van der Waals surface area (Å²) < 4.78 is 31.9. The van der Waals surface area contributed by atoms with Gasteiger partial charge >= 0.3 is 0 Å². The van der Waals surface area contributed by atoms with Crippen LogP contribution in [0.25, 0.3) is 6.08 Å². The van der Waals surface area contributed by atoms with Crippen LogP contribution in [-0.2, 0) is 16.6 Å². The van der Waals surface area contributed by atoms with E-state index in [0.717, 1.165) is 16.9 Å². The van der Waals surface area contributed by atoms with E-state index in [1.807, 2.05) is 61.5 Å². The molecule has 0 saturated carbocycles. The number of nitrogens with one attached hydrogen (secondary N) is 1. The molecule has 0 heterocycles. The highest BCUT2D eigenvalue weighted by molar-refractivity contribution is 7.92. The van der Waals surface area contributed by atoms with Crippen LogP contribution >= 0.6 is 0 Å². The van der Waals surface area contributed by atoms with Gasteiger partial charge in [0.05, 0.1) is 6.61 Å². The van der Waals surface area contributed by atoms with Crippen molar-refractivity contribution in [3.05, 3.63) is 71.1 Å². The third-order valence-electron chi connectivity index (χ3n) is 2.93. The van der Waals surface area contributed by atoms with Gasteiger partial charge in [-0.15, -0.1) is 0 Å². The van der Waals surface area contributed by atoms with Gasteiger partial charge in [0.25, 0.3) is 0 Å². The molecule has 2 aromatic rings. The quantitative estimate of drug-likeness (QED) is 0.853. The van der Waals surface area contributed by atoms with E-state index >= 15 is 0 Å². The van der Waals surface area contributed by atoms with Crippen LogP contribution in [0, 0.1) is 0 Å². The van der Waals surface area contributed by atoms with E-state index in [-0.39, 0.29) is 6.54 Å². The summed E-state index contributed by atoms with van der Waals surface area (Å²) in [5, 5.41) is 1.18. The van der Waals surface area contributed by atoms with E-state index in [4.69, 9.17) is 4.74 Å². The summed E-state index contributed by atoms with van der Waals surface area (Å²) >= 11 is 0. The third kappa shape index (κ3) is 5.35. The van der Waals surface area contributed by atoms with E-state index in [1.165, 1.54) is 5.41 Å². The number of sulfonamides is 1. The van der Waals surface area contributed by atoms with Gasteiger partial charge in [-0.1, -0.05) is 42.5 Å². The second-order valence-electron chi connectivity index (χ2n) is 4.66. The van der Waals surface area contributed by atoms with Crippen molar-refractivity contribution in [3.63, 3.8) is 0 Å². The summed E-state index contributed by atoms with van der Waals surface area (Å²) in [6, 6.07) is 16.7. The van der Waals surface area contributed by atoms with E-state index in [2.05, 4.69) is 4.72 Å². The molecular formula is C17H19NO3S. The van der Waals surface area contributed by atoms with Crippen molar-refractivity contribution in [2.45, 2.75) is 13.5 Å². The minimum atomic E-state index is -3.47. The molecule has 0 aliphatic heterocycles. The Balaban J connectivity index is 1.98. The molecule has 0 unspecified atom stereocenters. The Morgan fingerprint density at radius 3 is 2.59 bits per heavy atom. The van der Waals surface area contributed by atoms with Crippen LogP contribution in [0.3, 0.4) is 0 Å². The first-order valence-corrected chi connectivity index (χ1v) is 8.58. The van der Waals surface area contributed by atoms with Gasteiger partial charge in [0.15, 0.2) is 0 Å². The third-order valence-corrected chi connectivity index (χ3v) is 3.97. The Bertz CT molecular complexity index is 725. The van der Waals surface area contributed by atoms with Crippen LogP contribution in [0.1, 0.15) is 18.1 Å². The molecule has 0 aliphatic rings. The fourth-order valence-electron chi connectivity index (χ4n) is 1.88. The number of benzene rings is 2. The Morgan fingerprint density at radius 2 is 1.86 bits per heavy atom. The first-order chi connectivity index (χ1) is 10.6. The molecule has 116 valence electrons. The van der Waals surface area contributed by atoms with Gasteiger partial charge in [0, 0.05) is 12.0 Å². The van der Waals surface area contributed by atoms with E-state index in [9.17, 15) is 8.42 Å². The number of rotatable bonds is 7. The minimum Gasteiger partial charge on any atom is -0.494 e.